The molecule has 0 bridgehead atoms. The first-order valence-electron chi connectivity index (χ1n) is 5.06. The Labute approximate surface area is 79.2 Å². The van der Waals surface area contributed by atoms with Gasteiger partial charge in [0, 0.05) is 0 Å². The highest BCUT2D eigenvalue weighted by molar-refractivity contribution is 7.58. The Hall–Kier alpha value is 0.170. The second kappa shape index (κ2) is 6.66. The fraction of sp³-hybridized carbons (Fsp3) is 0.818. The van der Waals surface area contributed by atoms with Gasteiger partial charge in [-0.3, -0.25) is 0 Å². The summed E-state index contributed by atoms with van der Waals surface area (Å²) in [5.41, 5.74) is 2.38. The second-order valence-corrected chi connectivity index (χ2v) is 6.59. The van der Waals surface area contributed by atoms with Crippen molar-refractivity contribution in [3.8, 4) is 0 Å². The molecule has 12 heavy (non-hydrogen) atoms. The standard InChI is InChI=1S/C11H23P/c1-6-10(4)9-11(5)12(7-2)8-3/h9,11H,6-8H2,1-5H3/b10-9-. The summed E-state index contributed by atoms with van der Waals surface area (Å²) in [6.07, 6.45) is 6.43. The van der Waals surface area contributed by atoms with E-state index in [9.17, 15) is 0 Å². The monoisotopic (exact) mass is 186 g/mol. The molecule has 0 heterocycles. The lowest BCUT2D eigenvalue weighted by Crippen LogP contribution is -2.00. The predicted molar refractivity (Wildman–Crippen MR) is 61.5 cm³/mol. The number of hydrogen-bond acceptors (Lipinski definition) is 0. The van der Waals surface area contributed by atoms with Crippen LogP contribution in [0, 0.1) is 0 Å². The van der Waals surface area contributed by atoms with Crippen molar-refractivity contribution in [2.45, 2.75) is 46.7 Å². The van der Waals surface area contributed by atoms with Gasteiger partial charge in [0.2, 0.25) is 0 Å². The molecule has 0 radical (unpaired) electrons. The van der Waals surface area contributed by atoms with Crippen molar-refractivity contribution < 1.29 is 0 Å². The van der Waals surface area contributed by atoms with E-state index < -0.39 is 0 Å². The van der Waals surface area contributed by atoms with Gasteiger partial charge in [0.05, 0.1) is 0 Å². The highest BCUT2D eigenvalue weighted by Crippen LogP contribution is 2.41. The van der Waals surface area contributed by atoms with E-state index in [1.807, 2.05) is 0 Å². The van der Waals surface area contributed by atoms with Gasteiger partial charge in [0.15, 0.2) is 0 Å². The molecule has 72 valence electrons. The molecule has 0 aliphatic heterocycles. The summed E-state index contributed by atoms with van der Waals surface area (Å²) in [6.45, 7) is 11.5. The van der Waals surface area contributed by atoms with Crippen molar-refractivity contribution in [3.63, 3.8) is 0 Å². The Morgan fingerprint density at radius 1 is 1.25 bits per heavy atom. The third-order valence-electron chi connectivity index (χ3n) is 2.47. The molecule has 1 heteroatoms. The van der Waals surface area contributed by atoms with Crippen LogP contribution in [0.25, 0.3) is 0 Å². The van der Waals surface area contributed by atoms with Crippen LogP contribution in [-0.2, 0) is 0 Å². The summed E-state index contributed by atoms with van der Waals surface area (Å²) < 4.78 is 0. The van der Waals surface area contributed by atoms with Crippen molar-refractivity contribution in [2.24, 2.45) is 0 Å². The highest BCUT2D eigenvalue weighted by Gasteiger charge is 2.09. The SMILES string of the molecule is CC/C(C)=C\C(C)P(CC)CC. The van der Waals surface area contributed by atoms with Gasteiger partial charge in [0.25, 0.3) is 0 Å². The summed E-state index contributed by atoms with van der Waals surface area (Å²) in [5.74, 6) is 0. The van der Waals surface area contributed by atoms with Crippen LogP contribution in [0.4, 0.5) is 0 Å². The quantitative estimate of drug-likeness (QED) is 0.444. The zero-order valence-corrected chi connectivity index (χ0v) is 10.1. The van der Waals surface area contributed by atoms with Crippen LogP contribution in [0.1, 0.15) is 41.0 Å². The van der Waals surface area contributed by atoms with Gasteiger partial charge >= 0.3 is 0 Å². The van der Waals surface area contributed by atoms with Crippen molar-refractivity contribution in [3.05, 3.63) is 11.6 Å². The summed E-state index contributed by atoms with van der Waals surface area (Å²) in [7, 11) is 0.268. The Bertz CT molecular complexity index is 134. The van der Waals surface area contributed by atoms with Gasteiger partial charge < -0.3 is 0 Å². The second-order valence-electron chi connectivity index (χ2n) is 3.33. The molecule has 0 rings (SSSR count). The summed E-state index contributed by atoms with van der Waals surface area (Å²) in [5, 5.41) is 0. The van der Waals surface area contributed by atoms with E-state index in [-0.39, 0.29) is 7.92 Å². The number of hydrogen-bond donors (Lipinski definition) is 0. The summed E-state index contributed by atoms with van der Waals surface area (Å²) in [4.78, 5) is 0. The van der Waals surface area contributed by atoms with Gasteiger partial charge in [-0.05, 0) is 31.3 Å². The molecule has 0 aromatic rings. The molecule has 0 nitrogen and oxygen atoms in total. The number of rotatable bonds is 5. The molecule has 0 saturated heterocycles. The maximum Gasteiger partial charge on any atom is -0.00556 e. The topological polar surface area (TPSA) is 0 Å². The largest absolute Gasteiger partial charge is 0.100 e. The third-order valence-corrected chi connectivity index (χ3v) is 5.40. The average molecular weight is 186 g/mol. The van der Waals surface area contributed by atoms with E-state index in [1.165, 1.54) is 18.7 Å². The molecule has 0 spiro atoms. The van der Waals surface area contributed by atoms with Crippen LogP contribution in [0.15, 0.2) is 11.6 Å². The first-order chi connectivity index (χ1) is 5.65. The van der Waals surface area contributed by atoms with Gasteiger partial charge in [0.1, 0.15) is 0 Å². The van der Waals surface area contributed by atoms with Gasteiger partial charge in [-0.15, -0.1) is 7.92 Å². The van der Waals surface area contributed by atoms with Crippen LogP contribution in [-0.4, -0.2) is 18.0 Å². The number of allylic oxidation sites excluding steroid dienone is 2. The van der Waals surface area contributed by atoms with Crippen molar-refractivity contribution in [1.82, 2.24) is 0 Å². The van der Waals surface area contributed by atoms with E-state index >= 15 is 0 Å². The van der Waals surface area contributed by atoms with Crippen LogP contribution in [0.2, 0.25) is 0 Å². The third kappa shape index (κ3) is 4.26. The predicted octanol–water partition coefficient (Wildman–Crippen LogP) is 4.25. The highest BCUT2D eigenvalue weighted by atomic mass is 31.1. The Morgan fingerprint density at radius 3 is 2.08 bits per heavy atom. The van der Waals surface area contributed by atoms with Crippen molar-refractivity contribution in [2.75, 3.05) is 12.3 Å². The Kier molecular flexibility index (Phi) is 6.76. The Morgan fingerprint density at radius 2 is 1.75 bits per heavy atom. The molecule has 0 aromatic heterocycles. The minimum absolute atomic E-state index is 0.268. The lowest BCUT2D eigenvalue weighted by molar-refractivity contribution is 1.05. The summed E-state index contributed by atoms with van der Waals surface area (Å²) >= 11 is 0. The van der Waals surface area contributed by atoms with Crippen LogP contribution >= 0.6 is 7.92 Å². The smallest absolute Gasteiger partial charge is 0.00556 e. The first kappa shape index (κ1) is 12.2. The fourth-order valence-electron chi connectivity index (χ4n) is 1.43. The normalized spacial score (nSPS) is 15.3. The molecule has 0 aliphatic rings. The van der Waals surface area contributed by atoms with Crippen LogP contribution < -0.4 is 0 Å². The van der Waals surface area contributed by atoms with Crippen molar-refractivity contribution >= 4 is 7.92 Å². The molecule has 0 aromatic carbocycles. The van der Waals surface area contributed by atoms with Crippen molar-refractivity contribution in [1.29, 1.82) is 0 Å². The van der Waals surface area contributed by atoms with E-state index in [0.717, 1.165) is 5.66 Å². The van der Waals surface area contributed by atoms with E-state index in [1.54, 1.807) is 5.57 Å². The van der Waals surface area contributed by atoms with E-state index in [0.29, 0.717) is 0 Å². The van der Waals surface area contributed by atoms with E-state index in [2.05, 4.69) is 40.7 Å². The van der Waals surface area contributed by atoms with Gasteiger partial charge in [-0.25, -0.2) is 0 Å². The molecule has 0 fully saturated rings. The molecule has 0 saturated carbocycles. The van der Waals surface area contributed by atoms with Crippen LogP contribution in [0.5, 0.6) is 0 Å². The lowest BCUT2D eigenvalue weighted by atomic mass is 10.2. The fourth-order valence-corrected chi connectivity index (χ4v) is 3.50. The zero-order valence-electron chi connectivity index (χ0n) is 9.22. The maximum absolute atomic E-state index is 2.47. The molecular weight excluding hydrogens is 163 g/mol. The Balaban J connectivity index is 4.07. The molecule has 0 N–H and O–H groups in total. The van der Waals surface area contributed by atoms with Gasteiger partial charge in [-0.2, -0.15) is 0 Å². The summed E-state index contributed by atoms with van der Waals surface area (Å²) in [6, 6.07) is 0. The van der Waals surface area contributed by atoms with Crippen LogP contribution in [0.3, 0.4) is 0 Å². The van der Waals surface area contributed by atoms with E-state index in [4.69, 9.17) is 0 Å². The molecule has 1 unspecified atom stereocenters. The van der Waals surface area contributed by atoms with Gasteiger partial charge in [-0.1, -0.05) is 39.3 Å². The minimum Gasteiger partial charge on any atom is -0.100 e. The minimum atomic E-state index is 0.268. The molecule has 1 atom stereocenters. The molecule has 0 amide bonds. The molecule has 0 aliphatic carbocycles. The average Bonchev–Trinajstić information content (AvgIpc) is 2.06. The molecular formula is C11H23P. The lowest BCUT2D eigenvalue weighted by Gasteiger charge is -2.19. The maximum atomic E-state index is 2.47. The zero-order chi connectivity index (χ0) is 9.56. The first-order valence-corrected chi connectivity index (χ1v) is 6.85.